The van der Waals surface area contributed by atoms with E-state index in [1.807, 2.05) is 44.2 Å². The highest BCUT2D eigenvalue weighted by atomic mass is 32.2. The van der Waals surface area contributed by atoms with E-state index >= 15 is 0 Å². The highest BCUT2D eigenvalue weighted by Gasteiger charge is 2.32. The lowest BCUT2D eigenvalue weighted by molar-refractivity contribution is 0.0851. The molecule has 11 nitrogen and oxygen atoms in total. The van der Waals surface area contributed by atoms with Crippen molar-refractivity contribution in [2.45, 2.75) is 43.9 Å². The lowest BCUT2D eigenvalue weighted by Gasteiger charge is -2.30. The molecular formula is C27H33N5O6S2. The molecule has 0 aliphatic heterocycles. The number of carbonyl (C=O) groups is 1. The van der Waals surface area contributed by atoms with E-state index in [1.54, 1.807) is 19.2 Å². The van der Waals surface area contributed by atoms with E-state index in [2.05, 4.69) is 20.6 Å². The maximum atomic E-state index is 13.8. The van der Waals surface area contributed by atoms with Gasteiger partial charge in [0.15, 0.2) is 23.9 Å². The second kappa shape index (κ2) is 13.2. The van der Waals surface area contributed by atoms with Crippen LogP contribution in [0.25, 0.3) is 10.2 Å². The Labute approximate surface area is 237 Å². The van der Waals surface area contributed by atoms with Crippen molar-refractivity contribution in [3.05, 3.63) is 72.4 Å². The van der Waals surface area contributed by atoms with E-state index in [4.69, 9.17) is 9.15 Å². The standard InChI is InChI=1S/C27H33N5O6S2/c1-18(2)14-32(40(35,36)21-9-10-22-25(12-21)39-26(28-3)30-22)15-24(33)23(11-19-7-5-4-6-8-19)31-27(34)37-16-20-13-29-17-38-20/h4-10,12-13,17-18,23-24,33H,11,14-16H2,1-3H3,(H,28,30)(H,31,34). The van der Waals surface area contributed by atoms with Crippen molar-refractivity contribution in [1.82, 2.24) is 19.6 Å². The summed E-state index contributed by atoms with van der Waals surface area (Å²) in [6.45, 7) is 3.62. The lowest BCUT2D eigenvalue weighted by atomic mass is 10.0. The van der Waals surface area contributed by atoms with Gasteiger partial charge in [-0.25, -0.2) is 23.2 Å². The van der Waals surface area contributed by atoms with Gasteiger partial charge in [-0.2, -0.15) is 4.31 Å². The number of thiazole rings is 1. The fourth-order valence-corrected chi connectivity index (χ4v) is 6.71. The summed E-state index contributed by atoms with van der Waals surface area (Å²) in [5.74, 6) is 0.349. The van der Waals surface area contributed by atoms with Crippen LogP contribution in [0, 0.1) is 5.92 Å². The van der Waals surface area contributed by atoms with Crippen LogP contribution in [0.2, 0.25) is 0 Å². The molecule has 0 aliphatic rings. The summed E-state index contributed by atoms with van der Waals surface area (Å²) in [6, 6.07) is 13.3. The van der Waals surface area contributed by atoms with Crippen LogP contribution in [0.3, 0.4) is 0 Å². The van der Waals surface area contributed by atoms with Gasteiger partial charge in [0.05, 0.1) is 33.5 Å². The minimum atomic E-state index is -3.99. The highest BCUT2D eigenvalue weighted by Crippen LogP contribution is 2.29. The Morgan fingerprint density at radius 2 is 1.95 bits per heavy atom. The molecule has 0 bridgehead atoms. The zero-order valence-corrected chi connectivity index (χ0v) is 24.1. The number of anilines is 1. The number of amides is 1. The Kier molecular flexibility index (Phi) is 9.74. The molecule has 0 fully saturated rings. The number of nitrogens with one attached hydrogen (secondary N) is 2. The fourth-order valence-electron chi connectivity index (χ4n) is 4.13. The Hall–Kier alpha value is -3.52. The van der Waals surface area contributed by atoms with Gasteiger partial charge in [0.2, 0.25) is 10.0 Å². The van der Waals surface area contributed by atoms with Crippen LogP contribution in [0.4, 0.5) is 9.93 Å². The Balaban J connectivity index is 1.55. The van der Waals surface area contributed by atoms with Crippen LogP contribution in [0.15, 0.2) is 70.4 Å². The van der Waals surface area contributed by atoms with E-state index in [1.165, 1.54) is 34.3 Å². The number of carbonyl (C=O) groups excluding carboxylic acids is 1. The molecule has 40 heavy (non-hydrogen) atoms. The van der Waals surface area contributed by atoms with Crippen molar-refractivity contribution in [3.63, 3.8) is 0 Å². The van der Waals surface area contributed by atoms with Gasteiger partial charge >= 0.3 is 6.09 Å². The molecule has 2 unspecified atom stereocenters. The SMILES string of the molecule is CNc1nc2ccc(S(=O)(=O)N(CC(C)C)CC(O)C(Cc3ccccc3)NC(=O)OCc3cnco3)cc2s1. The molecule has 0 aliphatic carbocycles. The molecule has 0 spiro atoms. The first-order valence-electron chi connectivity index (χ1n) is 12.8. The molecule has 0 radical (unpaired) electrons. The van der Waals surface area contributed by atoms with E-state index in [0.29, 0.717) is 16.4 Å². The maximum Gasteiger partial charge on any atom is 0.407 e. The molecule has 3 N–H and O–H groups in total. The van der Waals surface area contributed by atoms with Gasteiger partial charge in [0.25, 0.3) is 0 Å². The van der Waals surface area contributed by atoms with Crippen LogP contribution in [-0.4, -0.2) is 66.2 Å². The Morgan fingerprint density at radius 1 is 1.18 bits per heavy atom. The smallest absolute Gasteiger partial charge is 0.407 e. The molecular weight excluding hydrogens is 554 g/mol. The summed E-state index contributed by atoms with van der Waals surface area (Å²) in [4.78, 5) is 20.9. The molecule has 4 aromatic rings. The predicted molar refractivity (Wildman–Crippen MR) is 153 cm³/mol. The topological polar surface area (TPSA) is 147 Å². The van der Waals surface area contributed by atoms with Gasteiger partial charge in [-0.15, -0.1) is 0 Å². The average Bonchev–Trinajstić information content (AvgIpc) is 3.60. The minimum absolute atomic E-state index is 0.0163. The number of ether oxygens (including phenoxy) is 1. The number of benzene rings is 2. The van der Waals surface area contributed by atoms with Crippen molar-refractivity contribution in [2.24, 2.45) is 5.92 Å². The van der Waals surface area contributed by atoms with Crippen LogP contribution in [0.5, 0.6) is 0 Å². The normalized spacial score (nSPS) is 13.4. The molecule has 2 aromatic heterocycles. The maximum absolute atomic E-state index is 13.8. The number of aliphatic hydroxyl groups excluding tert-OH is 1. The quantitative estimate of drug-likeness (QED) is 0.212. The van der Waals surface area contributed by atoms with E-state index in [9.17, 15) is 18.3 Å². The van der Waals surface area contributed by atoms with Crippen molar-refractivity contribution >= 4 is 42.8 Å². The van der Waals surface area contributed by atoms with Gasteiger partial charge in [-0.05, 0) is 36.1 Å². The van der Waals surface area contributed by atoms with Crippen molar-refractivity contribution < 1.29 is 27.5 Å². The van der Waals surface area contributed by atoms with E-state index in [-0.39, 0.29) is 36.9 Å². The monoisotopic (exact) mass is 587 g/mol. The van der Waals surface area contributed by atoms with Crippen molar-refractivity contribution in [1.29, 1.82) is 0 Å². The summed E-state index contributed by atoms with van der Waals surface area (Å²) in [6.07, 6.45) is 0.908. The first-order chi connectivity index (χ1) is 19.2. The van der Waals surface area contributed by atoms with Gasteiger partial charge in [0, 0.05) is 20.1 Å². The number of aromatic nitrogens is 2. The van der Waals surface area contributed by atoms with Gasteiger partial charge in [-0.3, -0.25) is 0 Å². The summed E-state index contributed by atoms with van der Waals surface area (Å²) >= 11 is 1.36. The number of hydrogen-bond acceptors (Lipinski definition) is 10. The van der Waals surface area contributed by atoms with Crippen LogP contribution in [-0.2, 0) is 27.8 Å². The number of aliphatic hydroxyl groups is 1. The molecule has 13 heteroatoms. The van der Waals surface area contributed by atoms with E-state index in [0.717, 1.165) is 10.3 Å². The molecule has 1 amide bonds. The summed E-state index contributed by atoms with van der Waals surface area (Å²) < 4.78 is 39.9. The van der Waals surface area contributed by atoms with Gasteiger partial charge < -0.3 is 24.9 Å². The Morgan fingerprint density at radius 3 is 2.62 bits per heavy atom. The van der Waals surface area contributed by atoms with Gasteiger partial charge in [-0.1, -0.05) is 55.5 Å². The zero-order valence-electron chi connectivity index (χ0n) is 22.5. The summed E-state index contributed by atoms with van der Waals surface area (Å²) in [5, 5.41) is 17.7. The number of sulfonamides is 1. The third-order valence-electron chi connectivity index (χ3n) is 6.07. The number of rotatable bonds is 13. The predicted octanol–water partition coefficient (Wildman–Crippen LogP) is 3.87. The number of alkyl carbamates (subject to hydrolysis) is 1. The van der Waals surface area contributed by atoms with E-state index < -0.39 is 28.3 Å². The van der Waals surface area contributed by atoms with Gasteiger partial charge in [0.1, 0.15) is 0 Å². The molecule has 2 atom stereocenters. The van der Waals surface area contributed by atoms with Crippen LogP contribution in [0.1, 0.15) is 25.2 Å². The summed E-state index contributed by atoms with van der Waals surface area (Å²) in [7, 11) is -2.23. The molecule has 214 valence electrons. The molecule has 4 rings (SSSR count). The van der Waals surface area contributed by atoms with Crippen LogP contribution >= 0.6 is 11.3 Å². The number of hydrogen-bond donors (Lipinski definition) is 3. The number of oxazole rings is 1. The third-order valence-corrected chi connectivity index (χ3v) is 8.93. The molecule has 0 saturated heterocycles. The number of nitrogens with zero attached hydrogens (tertiary/aromatic N) is 3. The lowest BCUT2D eigenvalue weighted by Crippen LogP contribution is -2.51. The second-order valence-electron chi connectivity index (χ2n) is 9.67. The van der Waals surface area contributed by atoms with Crippen molar-refractivity contribution in [3.8, 4) is 0 Å². The summed E-state index contributed by atoms with van der Waals surface area (Å²) in [5.41, 5.74) is 1.55. The van der Waals surface area contributed by atoms with Crippen molar-refractivity contribution in [2.75, 3.05) is 25.5 Å². The minimum Gasteiger partial charge on any atom is -0.445 e. The molecule has 2 heterocycles. The first-order valence-corrected chi connectivity index (χ1v) is 15.0. The molecule has 0 saturated carbocycles. The second-order valence-corrected chi connectivity index (χ2v) is 12.6. The number of fused-ring (bicyclic) bond motifs is 1. The first kappa shape index (κ1) is 29.5. The zero-order chi connectivity index (χ0) is 28.7. The largest absolute Gasteiger partial charge is 0.445 e. The fraction of sp³-hybridized carbons (Fsp3) is 0.370. The highest BCUT2D eigenvalue weighted by molar-refractivity contribution is 7.89. The molecule has 2 aromatic carbocycles. The van der Waals surface area contributed by atoms with Crippen LogP contribution < -0.4 is 10.6 Å². The Bertz CT molecular complexity index is 1490. The average molecular weight is 588 g/mol. The third kappa shape index (κ3) is 7.56.